The lowest BCUT2D eigenvalue weighted by molar-refractivity contribution is 0.0697. The Balaban J connectivity index is 2.83. The van der Waals surface area contributed by atoms with Crippen molar-refractivity contribution in [3.05, 3.63) is 28.0 Å². The molecular formula is C9H7NO2S. The molecule has 0 fully saturated rings. The summed E-state index contributed by atoms with van der Waals surface area (Å²) in [5, 5.41) is 20.3. The smallest absolute Gasteiger partial charge is 0.337 e. The molecule has 3 nitrogen and oxygen atoms in total. The Hall–Kier alpha value is -1.60. The molecule has 1 heterocycles. The van der Waals surface area contributed by atoms with Gasteiger partial charge in [-0.25, -0.2) is 4.79 Å². The molecule has 0 aliphatic heterocycles. The summed E-state index contributed by atoms with van der Waals surface area (Å²) in [7, 11) is 0. The predicted octanol–water partition coefficient (Wildman–Crippen LogP) is 2.37. The number of allylic oxidation sites excluding steroid dienone is 1. The van der Waals surface area contributed by atoms with Gasteiger partial charge in [-0.15, -0.1) is 0 Å². The van der Waals surface area contributed by atoms with E-state index in [1.807, 2.05) is 6.07 Å². The van der Waals surface area contributed by atoms with Crippen molar-refractivity contribution in [2.45, 2.75) is 6.42 Å². The summed E-state index contributed by atoms with van der Waals surface area (Å²) in [6.45, 7) is 0. The summed E-state index contributed by atoms with van der Waals surface area (Å²) < 4.78 is 0. The number of hydrogen-bond acceptors (Lipinski definition) is 3. The molecule has 0 aliphatic rings. The van der Waals surface area contributed by atoms with Crippen molar-refractivity contribution < 1.29 is 9.90 Å². The van der Waals surface area contributed by atoms with Gasteiger partial charge in [0.1, 0.15) is 0 Å². The van der Waals surface area contributed by atoms with Crippen LogP contribution in [0.25, 0.3) is 6.08 Å². The molecule has 0 atom stereocenters. The predicted molar refractivity (Wildman–Crippen MR) is 50.5 cm³/mol. The van der Waals surface area contributed by atoms with E-state index in [-0.39, 0.29) is 0 Å². The summed E-state index contributed by atoms with van der Waals surface area (Å²) in [4.78, 5) is 10.6. The molecule has 1 N–H and O–H groups in total. The van der Waals surface area contributed by atoms with Crippen LogP contribution in [0.15, 0.2) is 16.8 Å². The molecule has 0 aromatic carbocycles. The van der Waals surface area contributed by atoms with Gasteiger partial charge in [-0.05, 0) is 10.9 Å². The van der Waals surface area contributed by atoms with Gasteiger partial charge in [0.2, 0.25) is 0 Å². The fourth-order valence-corrected chi connectivity index (χ4v) is 1.64. The maximum Gasteiger partial charge on any atom is 0.337 e. The minimum absolute atomic E-state index is 0.291. The normalized spacial score (nSPS) is 10.1. The summed E-state index contributed by atoms with van der Waals surface area (Å²) >= 11 is 1.34. The highest BCUT2D eigenvalue weighted by Crippen LogP contribution is 2.16. The van der Waals surface area contributed by atoms with Crippen LogP contribution in [0.1, 0.15) is 22.3 Å². The van der Waals surface area contributed by atoms with Gasteiger partial charge in [0, 0.05) is 5.38 Å². The molecule has 1 aromatic rings. The van der Waals surface area contributed by atoms with Crippen LogP contribution < -0.4 is 0 Å². The van der Waals surface area contributed by atoms with Crippen molar-refractivity contribution in [1.82, 2.24) is 0 Å². The van der Waals surface area contributed by atoms with Gasteiger partial charge in [-0.1, -0.05) is 12.2 Å². The largest absolute Gasteiger partial charge is 0.478 e. The fraction of sp³-hybridized carbons (Fsp3) is 0.111. The maximum absolute atomic E-state index is 10.6. The third kappa shape index (κ3) is 2.42. The van der Waals surface area contributed by atoms with E-state index in [9.17, 15) is 4.79 Å². The SMILES string of the molecule is N#CCC=Cc1cscc1C(=O)O. The third-order valence-corrected chi connectivity index (χ3v) is 2.19. The first-order valence-electron chi connectivity index (χ1n) is 3.58. The Morgan fingerprint density at radius 3 is 3.08 bits per heavy atom. The first-order chi connectivity index (χ1) is 6.25. The molecule has 4 heteroatoms. The lowest BCUT2D eigenvalue weighted by Crippen LogP contribution is -1.95. The molecule has 13 heavy (non-hydrogen) atoms. The van der Waals surface area contributed by atoms with Crippen molar-refractivity contribution in [2.24, 2.45) is 0 Å². The van der Waals surface area contributed by atoms with E-state index < -0.39 is 5.97 Å². The second kappa shape index (κ2) is 4.43. The molecular weight excluding hydrogens is 186 g/mol. The van der Waals surface area contributed by atoms with Crippen LogP contribution in [-0.2, 0) is 0 Å². The minimum Gasteiger partial charge on any atom is -0.478 e. The van der Waals surface area contributed by atoms with E-state index in [1.54, 1.807) is 22.9 Å². The van der Waals surface area contributed by atoms with Crippen LogP contribution in [-0.4, -0.2) is 11.1 Å². The van der Waals surface area contributed by atoms with Crippen LogP contribution >= 0.6 is 11.3 Å². The fourth-order valence-electron chi connectivity index (χ4n) is 0.848. The molecule has 1 aromatic heterocycles. The van der Waals surface area contributed by atoms with Crippen molar-refractivity contribution in [2.75, 3.05) is 0 Å². The molecule has 66 valence electrons. The quantitative estimate of drug-likeness (QED) is 0.801. The zero-order valence-electron chi connectivity index (χ0n) is 6.73. The number of thiophene rings is 1. The van der Waals surface area contributed by atoms with Gasteiger partial charge in [0.15, 0.2) is 0 Å². The Morgan fingerprint density at radius 1 is 1.69 bits per heavy atom. The Labute approximate surface area is 79.6 Å². The third-order valence-electron chi connectivity index (χ3n) is 1.43. The van der Waals surface area contributed by atoms with Crippen LogP contribution in [0, 0.1) is 11.3 Å². The number of nitrogens with zero attached hydrogens (tertiary/aromatic N) is 1. The summed E-state index contributed by atoms with van der Waals surface area (Å²) in [5.74, 6) is -0.933. The number of rotatable bonds is 3. The van der Waals surface area contributed by atoms with Crippen molar-refractivity contribution in [3.8, 4) is 6.07 Å². The monoisotopic (exact) mass is 193 g/mol. The van der Waals surface area contributed by atoms with E-state index in [1.165, 1.54) is 11.3 Å². The zero-order chi connectivity index (χ0) is 9.68. The molecule has 0 radical (unpaired) electrons. The zero-order valence-corrected chi connectivity index (χ0v) is 7.54. The van der Waals surface area contributed by atoms with Gasteiger partial charge in [0.05, 0.1) is 18.1 Å². The topological polar surface area (TPSA) is 61.1 Å². The minimum atomic E-state index is -0.933. The molecule has 0 aliphatic carbocycles. The van der Waals surface area contributed by atoms with Crippen LogP contribution in [0.3, 0.4) is 0 Å². The van der Waals surface area contributed by atoms with Crippen LogP contribution in [0.2, 0.25) is 0 Å². The summed E-state index contributed by atoms with van der Waals surface area (Å²) in [6, 6.07) is 1.95. The second-order valence-corrected chi connectivity index (χ2v) is 3.05. The number of nitriles is 1. The van der Waals surface area contributed by atoms with Crippen LogP contribution in [0.4, 0.5) is 0 Å². The molecule has 0 saturated carbocycles. The van der Waals surface area contributed by atoms with Gasteiger partial charge in [-0.3, -0.25) is 0 Å². The highest BCUT2D eigenvalue weighted by molar-refractivity contribution is 7.08. The average molecular weight is 193 g/mol. The molecule has 0 saturated heterocycles. The highest BCUT2D eigenvalue weighted by Gasteiger charge is 2.07. The number of carbonyl (C=O) groups is 1. The maximum atomic E-state index is 10.6. The van der Waals surface area contributed by atoms with Gasteiger partial charge >= 0.3 is 5.97 Å². The van der Waals surface area contributed by atoms with E-state index in [0.717, 1.165) is 0 Å². The van der Waals surface area contributed by atoms with Gasteiger partial charge in [0.25, 0.3) is 0 Å². The van der Waals surface area contributed by atoms with E-state index >= 15 is 0 Å². The first-order valence-corrected chi connectivity index (χ1v) is 4.53. The lowest BCUT2D eigenvalue weighted by Gasteiger charge is -1.90. The molecule has 0 amide bonds. The lowest BCUT2D eigenvalue weighted by atomic mass is 10.2. The second-order valence-electron chi connectivity index (χ2n) is 2.31. The number of aromatic carboxylic acids is 1. The standard InChI is InChI=1S/C9H7NO2S/c10-4-2-1-3-7-5-13-6-8(7)9(11)12/h1,3,5-6H,2H2,(H,11,12). The van der Waals surface area contributed by atoms with Crippen molar-refractivity contribution >= 4 is 23.4 Å². The Morgan fingerprint density at radius 2 is 2.46 bits per heavy atom. The van der Waals surface area contributed by atoms with Crippen molar-refractivity contribution in [1.29, 1.82) is 5.26 Å². The summed E-state index contributed by atoms with van der Waals surface area (Å²) in [6.07, 6.45) is 3.60. The van der Waals surface area contributed by atoms with Crippen LogP contribution in [0.5, 0.6) is 0 Å². The van der Waals surface area contributed by atoms with E-state index in [2.05, 4.69) is 0 Å². The number of carboxylic acid groups (broad SMARTS) is 1. The molecule has 0 spiro atoms. The molecule has 1 rings (SSSR count). The average Bonchev–Trinajstić information content (AvgIpc) is 2.53. The number of hydrogen-bond donors (Lipinski definition) is 1. The number of carboxylic acids is 1. The molecule has 0 unspecified atom stereocenters. The highest BCUT2D eigenvalue weighted by atomic mass is 32.1. The first kappa shape index (κ1) is 9.49. The molecule has 0 bridgehead atoms. The Bertz CT molecular complexity index is 373. The van der Waals surface area contributed by atoms with Gasteiger partial charge in [-0.2, -0.15) is 16.6 Å². The van der Waals surface area contributed by atoms with Crippen molar-refractivity contribution in [3.63, 3.8) is 0 Å². The van der Waals surface area contributed by atoms with Gasteiger partial charge < -0.3 is 5.11 Å². The van der Waals surface area contributed by atoms with E-state index in [0.29, 0.717) is 17.5 Å². The Kier molecular flexibility index (Phi) is 3.23. The van der Waals surface area contributed by atoms with E-state index in [4.69, 9.17) is 10.4 Å². The summed E-state index contributed by atoms with van der Waals surface area (Å²) in [5.41, 5.74) is 0.951.